The molecule has 2 aromatic rings. The molecule has 0 aliphatic carbocycles. The number of nitrogens with zero attached hydrogens (tertiary/aromatic N) is 1. The minimum absolute atomic E-state index is 0.161. The van der Waals surface area contributed by atoms with Crippen molar-refractivity contribution in [2.45, 2.75) is 32.4 Å². The van der Waals surface area contributed by atoms with Crippen LogP contribution in [0.2, 0.25) is 5.02 Å². The van der Waals surface area contributed by atoms with Crippen LogP contribution in [0.3, 0.4) is 0 Å². The summed E-state index contributed by atoms with van der Waals surface area (Å²) in [5.74, 6) is -2.08. The summed E-state index contributed by atoms with van der Waals surface area (Å²) in [6.07, 6.45) is 0.428. The number of anilines is 1. The van der Waals surface area contributed by atoms with Crippen LogP contribution in [0.1, 0.15) is 44.7 Å². The quantitative estimate of drug-likeness (QED) is 0.577. The molecule has 10 heteroatoms. The molecule has 2 heterocycles. The first kappa shape index (κ1) is 22.5. The largest absolute Gasteiger partial charge is 0.343 e. The number of rotatable bonds is 5. The lowest BCUT2D eigenvalue weighted by molar-refractivity contribution is -0.137. The summed E-state index contributed by atoms with van der Waals surface area (Å²) < 4.78 is 0. The number of halogens is 1. The Morgan fingerprint density at radius 3 is 2.67 bits per heavy atom. The minimum Gasteiger partial charge on any atom is -0.343 e. The molecule has 0 saturated carbocycles. The minimum atomic E-state index is -0.725. The third-order valence-electron chi connectivity index (χ3n) is 5.59. The van der Waals surface area contributed by atoms with E-state index in [0.717, 1.165) is 5.56 Å². The van der Waals surface area contributed by atoms with Crippen LogP contribution in [0, 0.1) is 6.92 Å². The van der Waals surface area contributed by atoms with Crippen LogP contribution in [0.5, 0.6) is 0 Å². The zero-order valence-electron chi connectivity index (χ0n) is 17.7. The molecule has 0 radical (unpaired) electrons. The van der Waals surface area contributed by atoms with Gasteiger partial charge in [0.1, 0.15) is 6.04 Å². The second kappa shape index (κ2) is 9.03. The van der Waals surface area contributed by atoms with E-state index in [1.807, 2.05) is 13.0 Å². The average Bonchev–Trinajstić information content (AvgIpc) is 3.09. The summed E-state index contributed by atoms with van der Waals surface area (Å²) in [5, 5.41) is 7.84. The van der Waals surface area contributed by atoms with E-state index in [-0.39, 0.29) is 43.3 Å². The zero-order valence-corrected chi connectivity index (χ0v) is 18.5. The molecule has 3 N–H and O–H groups in total. The molecule has 1 fully saturated rings. The predicted molar refractivity (Wildman–Crippen MR) is 120 cm³/mol. The molecule has 0 spiro atoms. The van der Waals surface area contributed by atoms with Gasteiger partial charge in [0.05, 0.1) is 17.3 Å². The Labute approximate surface area is 194 Å². The Hall–Kier alpha value is -3.72. The second-order valence-electron chi connectivity index (χ2n) is 7.99. The van der Waals surface area contributed by atoms with E-state index >= 15 is 0 Å². The van der Waals surface area contributed by atoms with Crippen LogP contribution in [0.25, 0.3) is 0 Å². The Balaban J connectivity index is 1.38. The highest BCUT2D eigenvalue weighted by Gasteiger charge is 2.39. The number of hydrogen-bond donors (Lipinski definition) is 3. The molecule has 2 aliphatic rings. The van der Waals surface area contributed by atoms with Gasteiger partial charge in [0.25, 0.3) is 11.8 Å². The third-order valence-corrected chi connectivity index (χ3v) is 5.91. The number of fused-ring (bicyclic) bond motifs is 1. The molecule has 0 bridgehead atoms. The number of imide groups is 1. The number of piperidine rings is 1. The van der Waals surface area contributed by atoms with Crippen molar-refractivity contribution in [3.8, 4) is 0 Å². The van der Waals surface area contributed by atoms with E-state index in [0.29, 0.717) is 21.8 Å². The van der Waals surface area contributed by atoms with Gasteiger partial charge in [0.15, 0.2) is 0 Å². The van der Waals surface area contributed by atoms with Crippen LogP contribution >= 0.6 is 11.6 Å². The van der Waals surface area contributed by atoms with Gasteiger partial charge in [-0.05, 0) is 54.8 Å². The van der Waals surface area contributed by atoms with Gasteiger partial charge in [-0.1, -0.05) is 17.7 Å². The Bertz CT molecular complexity index is 1200. The Morgan fingerprint density at radius 2 is 1.94 bits per heavy atom. The fourth-order valence-corrected chi connectivity index (χ4v) is 4.18. The van der Waals surface area contributed by atoms with Gasteiger partial charge in [-0.2, -0.15) is 0 Å². The Kier molecular flexibility index (Phi) is 6.15. The van der Waals surface area contributed by atoms with E-state index in [2.05, 4.69) is 16.0 Å². The topological polar surface area (TPSA) is 125 Å². The van der Waals surface area contributed by atoms with Gasteiger partial charge < -0.3 is 15.5 Å². The number of carbonyl (C=O) groups excluding carboxylic acids is 5. The molecule has 170 valence electrons. The van der Waals surface area contributed by atoms with Crippen molar-refractivity contribution in [2.24, 2.45) is 0 Å². The molecule has 2 aliphatic heterocycles. The highest BCUT2D eigenvalue weighted by Crippen LogP contribution is 2.28. The van der Waals surface area contributed by atoms with Crippen LogP contribution in [0.15, 0.2) is 36.4 Å². The monoisotopic (exact) mass is 468 g/mol. The molecule has 1 atom stereocenters. The van der Waals surface area contributed by atoms with E-state index in [1.54, 1.807) is 18.2 Å². The zero-order chi connectivity index (χ0) is 23.7. The van der Waals surface area contributed by atoms with Crippen LogP contribution in [0.4, 0.5) is 5.69 Å². The Morgan fingerprint density at radius 1 is 1.15 bits per heavy atom. The van der Waals surface area contributed by atoms with Crippen molar-refractivity contribution in [1.82, 2.24) is 15.5 Å². The fourth-order valence-electron chi connectivity index (χ4n) is 3.89. The molecule has 9 nitrogen and oxygen atoms in total. The number of hydrogen-bond acceptors (Lipinski definition) is 5. The maximum absolute atomic E-state index is 12.7. The van der Waals surface area contributed by atoms with Crippen molar-refractivity contribution in [3.63, 3.8) is 0 Å². The highest BCUT2D eigenvalue weighted by atomic mass is 35.5. The molecule has 0 aromatic heterocycles. The average molecular weight is 469 g/mol. The molecular weight excluding hydrogens is 448 g/mol. The summed E-state index contributed by atoms with van der Waals surface area (Å²) in [7, 11) is 0. The van der Waals surface area contributed by atoms with Crippen LogP contribution < -0.4 is 16.0 Å². The molecule has 1 saturated heterocycles. The van der Waals surface area contributed by atoms with Gasteiger partial charge in [-0.25, -0.2) is 0 Å². The normalized spacial score (nSPS) is 17.5. The summed E-state index contributed by atoms with van der Waals surface area (Å²) in [4.78, 5) is 62.4. The lowest BCUT2D eigenvalue weighted by Gasteiger charge is -2.29. The highest BCUT2D eigenvalue weighted by molar-refractivity contribution is 6.33. The summed E-state index contributed by atoms with van der Waals surface area (Å²) in [6, 6.07) is 9.09. The van der Waals surface area contributed by atoms with Crippen molar-refractivity contribution >= 4 is 46.8 Å². The molecule has 33 heavy (non-hydrogen) atoms. The third kappa shape index (κ3) is 4.73. The SMILES string of the molecule is Cc1ccc(NC(=O)CNC(=O)c2ccc3c(c2)CN(C2CCC(=O)NC2=O)C3=O)c(Cl)c1. The van der Waals surface area contributed by atoms with Gasteiger partial charge in [-0.3, -0.25) is 29.3 Å². The molecule has 5 amide bonds. The first-order valence-electron chi connectivity index (χ1n) is 10.3. The van der Waals surface area contributed by atoms with Crippen molar-refractivity contribution < 1.29 is 24.0 Å². The lowest BCUT2D eigenvalue weighted by Crippen LogP contribution is -2.52. The summed E-state index contributed by atoms with van der Waals surface area (Å²) in [5.41, 5.74) is 2.70. The standard InChI is InChI=1S/C23H21ClN4O5/c1-12-2-5-17(16(24)8-12)26-20(30)10-25-21(31)13-3-4-15-14(9-13)11-28(23(15)33)18-6-7-19(29)27-22(18)32/h2-5,8-9,18H,6-7,10-11H2,1H3,(H,25,31)(H,26,30)(H,27,29,32). The van der Waals surface area contributed by atoms with Gasteiger partial charge in [0.2, 0.25) is 17.7 Å². The number of amides is 5. The van der Waals surface area contributed by atoms with Gasteiger partial charge in [-0.15, -0.1) is 0 Å². The van der Waals surface area contributed by atoms with Crippen molar-refractivity contribution in [3.05, 3.63) is 63.7 Å². The summed E-state index contributed by atoms with van der Waals surface area (Å²) in [6.45, 7) is 1.78. The number of aryl methyl sites for hydroxylation is 1. The molecule has 2 aromatic carbocycles. The van der Waals surface area contributed by atoms with E-state index < -0.39 is 23.8 Å². The van der Waals surface area contributed by atoms with Crippen LogP contribution in [-0.2, 0) is 20.9 Å². The van der Waals surface area contributed by atoms with Crippen LogP contribution in [-0.4, -0.2) is 47.0 Å². The second-order valence-corrected chi connectivity index (χ2v) is 8.39. The lowest BCUT2D eigenvalue weighted by atomic mass is 10.0. The van der Waals surface area contributed by atoms with E-state index in [4.69, 9.17) is 11.6 Å². The maximum Gasteiger partial charge on any atom is 0.255 e. The molecular formula is C23H21ClN4O5. The van der Waals surface area contributed by atoms with E-state index in [1.165, 1.54) is 17.0 Å². The molecule has 1 unspecified atom stereocenters. The van der Waals surface area contributed by atoms with Gasteiger partial charge in [0, 0.05) is 24.1 Å². The van der Waals surface area contributed by atoms with E-state index in [9.17, 15) is 24.0 Å². The first-order valence-corrected chi connectivity index (χ1v) is 10.7. The predicted octanol–water partition coefficient (Wildman–Crippen LogP) is 1.78. The summed E-state index contributed by atoms with van der Waals surface area (Å²) >= 11 is 6.11. The smallest absolute Gasteiger partial charge is 0.255 e. The maximum atomic E-state index is 12.7. The number of benzene rings is 2. The fraction of sp³-hybridized carbons (Fsp3) is 0.261. The number of nitrogens with one attached hydrogen (secondary N) is 3. The number of carbonyl (C=O) groups is 5. The van der Waals surface area contributed by atoms with Crippen molar-refractivity contribution in [1.29, 1.82) is 0 Å². The first-order chi connectivity index (χ1) is 15.7. The molecule has 4 rings (SSSR count). The van der Waals surface area contributed by atoms with Gasteiger partial charge >= 0.3 is 0 Å². The van der Waals surface area contributed by atoms with Crippen molar-refractivity contribution in [2.75, 3.05) is 11.9 Å².